The minimum absolute atomic E-state index is 0. The van der Waals surface area contributed by atoms with E-state index in [-0.39, 0.29) is 18.0 Å². The minimum atomic E-state index is -0.953. The topological polar surface area (TPSA) is 59.4 Å². The van der Waals surface area contributed by atoms with Crippen molar-refractivity contribution < 1.29 is 14.6 Å². The molecule has 0 aliphatic rings. The molecule has 118 valence electrons. The van der Waals surface area contributed by atoms with Crippen LogP contribution in [0.2, 0.25) is 0 Å². The first-order valence-corrected chi connectivity index (χ1v) is 7.05. The second-order valence-corrected chi connectivity index (χ2v) is 4.83. The third-order valence-corrected chi connectivity index (χ3v) is 3.41. The van der Waals surface area contributed by atoms with E-state index in [1.54, 1.807) is 12.1 Å². The van der Waals surface area contributed by atoms with E-state index in [1.165, 1.54) is 0 Å². The average molecular weight is 330 g/mol. The van der Waals surface area contributed by atoms with Crippen LogP contribution in [0, 0.1) is 0 Å². The van der Waals surface area contributed by atoms with Crippen LogP contribution in [0.1, 0.15) is 17.3 Å². The number of carboxylic acids is 1. The second kappa shape index (κ2) is 7.11. The molecule has 3 aromatic rings. The number of aromatic nitrogens is 1. The Kier molecular flexibility index (Phi) is 5.19. The van der Waals surface area contributed by atoms with Crippen molar-refractivity contribution in [1.82, 2.24) is 4.98 Å². The van der Waals surface area contributed by atoms with Crippen LogP contribution in [0.5, 0.6) is 5.75 Å². The van der Waals surface area contributed by atoms with Crippen LogP contribution in [0.3, 0.4) is 0 Å². The van der Waals surface area contributed by atoms with Gasteiger partial charge in [0.2, 0.25) is 0 Å². The van der Waals surface area contributed by atoms with Crippen LogP contribution in [0.4, 0.5) is 0 Å². The number of nitrogens with zero attached hydrogens (tertiary/aromatic N) is 1. The molecule has 2 aromatic carbocycles. The lowest BCUT2D eigenvalue weighted by atomic mass is 10.0. The van der Waals surface area contributed by atoms with Crippen molar-refractivity contribution in [3.8, 4) is 17.0 Å². The van der Waals surface area contributed by atoms with E-state index in [4.69, 9.17) is 4.74 Å². The zero-order chi connectivity index (χ0) is 15.5. The first-order chi connectivity index (χ1) is 10.7. The molecule has 1 N–H and O–H groups in total. The van der Waals surface area contributed by atoms with Gasteiger partial charge >= 0.3 is 5.97 Å². The van der Waals surface area contributed by atoms with Crippen LogP contribution in [0.25, 0.3) is 22.2 Å². The highest BCUT2D eigenvalue weighted by atomic mass is 35.5. The maximum absolute atomic E-state index is 11.5. The van der Waals surface area contributed by atoms with Crippen molar-refractivity contribution in [2.45, 2.75) is 6.92 Å². The van der Waals surface area contributed by atoms with E-state index in [9.17, 15) is 9.90 Å². The Morgan fingerprint density at radius 2 is 1.83 bits per heavy atom. The monoisotopic (exact) mass is 329 g/mol. The van der Waals surface area contributed by atoms with Gasteiger partial charge in [0.25, 0.3) is 0 Å². The maximum atomic E-state index is 11.5. The normalized spacial score (nSPS) is 10.1. The number of aromatic carboxylic acids is 1. The Hall–Kier alpha value is -2.59. The molecule has 1 heterocycles. The first-order valence-electron chi connectivity index (χ1n) is 7.05. The van der Waals surface area contributed by atoms with Crippen LogP contribution in [-0.4, -0.2) is 22.7 Å². The predicted molar refractivity (Wildman–Crippen MR) is 92.6 cm³/mol. The van der Waals surface area contributed by atoms with E-state index in [0.29, 0.717) is 23.2 Å². The molecule has 0 spiro atoms. The number of carboxylic acid groups (broad SMARTS) is 1. The van der Waals surface area contributed by atoms with Crippen LogP contribution < -0.4 is 4.74 Å². The van der Waals surface area contributed by atoms with Gasteiger partial charge in [0.05, 0.1) is 23.4 Å². The lowest BCUT2D eigenvalue weighted by Gasteiger charge is -2.08. The molecule has 0 radical (unpaired) electrons. The van der Waals surface area contributed by atoms with Gasteiger partial charge < -0.3 is 9.84 Å². The summed E-state index contributed by atoms with van der Waals surface area (Å²) in [6.07, 6.45) is 0. The highest BCUT2D eigenvalue weighted by Gasteiger charge is 2.12. The molecule has 0 aliphatic carbocycles. The predicted octanol–water partition coefficient (Wildman–Crippen LogP) is 4.42. The van der Waals surface area contributed by atoms with E-state index in [1.807, 2.05) is 49.4 Å². The summed E-state index contributed by atoms with van der Waals surface area (Å²) in [5, 5.41) is 10.1. The number of halogens is 1. The van der Waals surface area contributed by atoms with Gasteiger partial charge in [0, 0.05) is 10.9 Å². The van der Waals surface area contributed by atoms with E-state index in [0.717, 1.165) is 11.3 Å². The van der Waals surface area contributed by atoms with Gasteiger partial charge in [0.15, 0.2) is 0 Å². The Balaban J connectivity index is 0.00000192. The van der Waals surface area contributed by atoms with Crippen molar-refractivity contribution in [3.05, 3.63) is 60.2 Å². The Morgan fingerprint density at radius 1 is 1.13 bits per heavy atom. The van der Waals surface area contributed by atoms with Gasteiger partial charge in [-0.05, 0) is 43.3 Å². The fraction of sp³-hybridized carbons (Fsp3) is 0.111. The zero-order valence-electron chi connectivity index (χ0n) is 12.5. The number of pyridine rings is 1. The van der Waals surface area contributed by atoms with Crippen molar-refractivity contribution in [3.63, 3.8) is 0 Å². The van der Waals surface area contributed by atoms with Crippen LogP contribution in [-0.2, 0) is 0 Å². The molecule has 0 amide bonds. The van der Waals surface area contributed by atoms with Gasteiger partial charge in [-0.3, -0.25) is 0 Å². The summed E-state index contributed by atoms with van der Waals surface area (Å²) in [5.41, 5.74) is 2.43. The average Bonchev–Trinajstić information content (AvgIpc) is 2.54. The standard InChI is InChI=1S/C18H15NO3.ClH/c1-2-22-13-9-7-12(8-10-13)17-11-15(18(20)21)14-5-3-4-6-16(14)19-17;/h3-11H,2H2,1H3,(H,20,21);1H. The molecular weight excluding hydrogens is 314 g/mol. The molecule has 1 aromatic heterocycles. The summed E-state index contributed by atoms with van der Waals surface area (Å²) in [7, 11) is 0. The summed E-state index contributed by atoms with van der Waals surface area (Å²) < 4.78 is 5.41. The van der Waals surface area contributed by atoms with Crippen LogP contribution in [0.15, 0.2) is 54.6 Å². The van der Waals surface area contributed by atoms with E-state index >= 15 is 0 Å². The molecule has 0 saturated carbocycles. The zero-order valence-corrected chi connectivity index (χ0v) is 13.3. The molecule has 0 saturated heterocycles. The lowest BCUT2D eigenvalue weighted by Crippen LogP contribution is -2.00. The summed E-state index contributed by atoms with van der Waals surface area (Å²) in [6.45, 7) is 2.54. The summed E-state index contributed by atoms with van der Waals surface area (Å²) >= 11 is 0. The SMILES string of the molecule is CCOc1ccc(-c2cc(C(=O)O)c3ccccc3n2)cc1.Cl. The Morgan fingerprint density at radius 3 is 2.48 bits per heavy atom. The Labute approximate surface area is 140 Å². The van der Waals surface area contributed by atoms with Gasteiger partial charge in [0.1, 0.15) is 5.75 Å². The lowest BCUT2D eigenvalue weighted by molar-refractivity contribution is 0.0699. The smallest absolute Gasteiger partial charge is 0.336 e. The summed E-state index contributed by atoms with van der Waals surface area (Å²) in [6, 6.07) is 16.3. The third-order valence-electron chi connectivity index (χ3n) is 3.41. The van der Waals surface area contributed by atoms with Gasteiger partial charge in [-0.25, -0.2) is 9.78 Å². The minimum Gasteiger partial charge on any atom is -0.494 e. The van der Waals surface area contributed by atoms with Crippen LogP contribution >= 0.6 is 12.4 Å². The molecule has 23 heavy (non-hydrogen) atoms. The number of ether oxygens (including phenoxy) is 1. The number of fused-ring (bicyclic) bond motifs is 1. The van der Waals surface area contributed by atoms with E-state index < -0.39 is 5.97 Å². The number of hydrogen-bond acceptors (Lipinski definition) is 3. The molecule has 4 nitrogen and oxygen atoms in total. The molecular formula is C18H16ClNO3. The number of rotatable bonds is 4. The van der Waals surface area contributed by atoms with Crippen molar-refractivity contribution in [2.75, 3.05) is 6.61 Å². The fourth-order valence-electron chi connectivity index (χ4n) is 2.39. The highest BCUT2D eigenvalue weighted by Crippen LogP contribution is 2.26. The summed E-state index contributed by atoms with van der Waals surface area (Å²) in [5.74, 6) is -0.170. The molecule has 0 atom stereocenters. The summed E-state index contributed by atoms with van der Waals surface area (Å²) in [4.78, 5) is 16.0. The van der Waals surface area contributed by atoms with Crippen molar-refractivity contribution in [1.29, 1.82) is 0 Å². The third kappa shape index (κ3) is 3.43. The molecule has 0 bridgehead atoms. The molecule has 0 aliphatic heterocycles. The number of para-hydroxylation sites is 1. The van der Waals surface area contributed by atoms with Gasteiger partial charge in [-0.15, -0.1) is 12.4 Å². The van der Waals surface area contributed by atoms with Gasteiger partial charge in [-0.2, -0.15) is 0 Å². The second-order valence-electron chi connectivity index (χ2n) is 4.83. The first kappa shape index (κ1) is 16.8. The number of hydrogen-bond donors (Lipinski definition) is 1. The Bertz CT molecular complexity index is 831. The number of benzene rings is 2. The maximum Gasteiger partial charge on any atom is 0.336 e. The highest BCUT2D eigenvalue weighted by molar-refractivity contribution is 6.03. The molecule has 0 unspecified atom stereocenters. The molecule has 3 rings (SSSR count). The molecule has 5 heteroatoms. The van der Waals surface area contributed by atoms with E-state index in [2.05, 4.69) is 4.98 Å². The van der Waals surface area contributed by atoms with Crippen molar-refractivity contribution >= 4 is 29.3 Å². The number of carbonyl (C=O) groups is 1. The quantitative estimate of drug-likeness (QED) is 0.769. The molecule has 0 fully saturated rings. The largest absolute Gasteiger partial charge is 0.494 e. The fourth-order valence-corrected chi connectivity index (χ4v) is 2.39. The van der Waals surface area contributed by atoms with Gasteiger partial charge in [-0.1, -0.05) is 18.2 Å². The van der Waals surface area contributed by atoms with Crippen molar-refractivity contribution in [2.24, 2.45) is 0 Å².